The molecule has 0 spiro atoms. The van der Waals surface area contributed by atoms with Crippen molar-refractivity contribution < 1.29 is 9.90 Å². The molecule has 0 radical (unpaired) electrons. The third-order valence-corrected chi connectivity index (χ3v) is 3.05. The molecule has 0 aliphatic rings. The summed E-state index contributed by atoms with van der Waals surface area (Å²) in [5, 5.41) is 12.7. The Bertz CT molecular complexity index is 641. The van der Waals surface area contributed by atoms with Crippen LogP contribution in [0.1, 0.15) is 21.6 Å². The number of hydrogen-bond donors (Lipinski definition) is 2. The van der Waals surface area contributed by atoms with Crippen LogP contribution in [0.4, 0.5) is 11.5 Å². The summed E-state index contributed by atoms with van der Waals surface area (Å²) < 4.78 is 0. The maximum absolute atomic E-state index is 11.0. The summed E-state index contributed by atoms with van der Waals surface area (Å²) in [6.45, 7) is 3.67. The van der Waals surface area contributed by atoms with Crippen molar-refractivity contribution in [3.8, 4) is 0 Å². The van der Waals surface area contributed by atoms with Crippen molar-refractivity contribution in [1.82, 2.24) is 4.98 Å². The van der Waals surface area contributed by atoms with Crippen LogP contribution < -0.4 is 5.32 Å². The number of benzene rings is 1. The summed E-state index contributed by atoms with van der Waals surface area (Å²) in [6, 6.07) is 8.55. The molecule has 2 rings (SSSR count). The van der Waals surface area contributed by atoms with E-state index >= 15 is 0 Å². The molecule has 1 aromatic heterocycles. The van der Waals surface area contributed by atoms with Crippen LogP contribution in [0.2, 0.25) is 5.02 Å². The van der Waals surface area contributed by atoms with Crippen molar-refractivity contribution in [3.05, 3.63) is 52.2 Å². The van der Waals surface area contributed by atoms with Gasteiger partial charge in [-0.1, -0.05) is 17.7 Å². The molecule has 0 aliphatic carbocycles. The Morgan fingerprint density at radius 1 is 1.26 bits per heavy atom. The molecule has 1 heterocycles. The molecule has 0 amide bonds. The summed E-state index contributed by atoms with van der Waals surface area (Å²) in [7, 11) is 0. The van der Waals surface area contributed by atoms with Gasteiger partial charge in [0.15, 0.2) is 0 Å². The number of carboxylic acid groups (broad SMARTS) is 1. The van der Waals surface area contributed by atoms with Crippen molar-refractivity contribution >= 4 is 29.1 Å². The van der Waals surface area contributed by atoms with Crippen LogP contribution in [0, 0.1) is 13.8 Å². The average molecular weight is 277 g/mol. The second-order valence-corrected chi connectivity index (χ2v) is 4.68. The molecular formula is C14H13ClN2O2. The highest BCUT2D eigenvalue weighted by Gasteiger charge is 2.07. The zero-order valence-electron chi connectivity index (χ0n) is 10.6. The highest BCUT2D eigenvalue weighted by Crippen LogP contribution is 2.23. The van der Waals surface area contributed by atoms with E-state index in [1.807, 2.05) is 19.1 Å². The third-order valence-electron chi connectivity index (χ3n) is 2.64. The van der Waals surface area contributed by atoms with Crippen LogP contribution in [-0.2, 0) is 0 Å². The fourth-order valence-electron chi connectivity index (χ4n) is 1.67. The Hall–Kier alpha value is -2.07. The van der Waals surface area contributed by atoms with E-state index in [1.54, 1.807) is 13.0 Å². The van der Waals surface area contributed by atoms with Crippen LogP contribution in [0.25, 0.3) is 0 Å². The first-order chi connectivity index (χ1) is 8.95. The molecule has 0 atom stereocenters. The summed E-state index contributed by atoms with van der Waals surface area (Å²) in [4.78, 5) is 15.2. The lowest BCUT2D eigenvalue weighted by molar-refractivity contribution is 0.0696. The minimum absolute atomic E-state index is 0.202. The predicted molar refractivity (Wildman–Crippen MR) is 75.4 cm³/mol. The standard InChI is InChI=1S/C14H13ClN2O2/c1-8-3-4-11(7-12(8)15)17-13-6-10(14(18)19)5-9(2)16-13/h3-7H,1-2H3,(H,16,17)(H,18,19). The van der Waals surface area contributed by atoms with E-state index < -0.39 is 5.97 Å². The van der Waals surface area contributed by atoms with E-state index in [0.717, 1.165) is 11.3 Å². The third kappa shape index (κ3) is 3.23. The van der Waals surface area contributed by atoms with Crippen molar-refractivity contribution in [2.45, 2.75) is 13.8 Å². The molecule has 0 fully saturated rings. The SMILES string of the molecule is Cc1cc(C(=O)O)cc(Nc2ccc(C)c(Cl)c2)n1. The highest BCUT2D eigenvalue weighted by molar-refractivity contribution is 6.31. The van der Waals surface area contributed by atoms with Crippen LogP contribution >= 0.6 is 11.6 Å². The van der Waals surface area contributed by atoms with Gasteiger partial charge in [-0.05, 0) is 43.7 Å². The van der Waals surface area contributed by atoms with Gasteiger partial charge in [-0.2, -0.15) is 0 Å². The van der Waals surface area contributed by atoms with Gasteiger partial charge in [0.1, 0.15) is 5.82 Å². The molecule has 19 heavy (non-hydrogen) atoms. The molecule has 5 heteroatoms. The summed E-state index contributed by atoms with van der Waals surface area (Å²) in [5.74, 6) is -0.493. The van der Waals surface area contributed by atoms with Gasteiger partial charge >= 0.3 is 5.97 Å². The molecule has 98 valence electrons. The molecule has 2 aromatic rings. The number of hydrogen-bond acceptors (Lipinski definition) is 3. The number of halogens is 1. The van der Waals surface area contributed by atoms with Gasteiger partial charge in [0.2, 0.25) is 0 Å². The number of anilines is 2. The van der Waals surface area contributed by atoms with Crippen LogP contribution in [0.15, 0.2) is 30.3 Å². The highest BCUT2D eigenvalue weighted by atomic mass is 35.5. The lowest BCUT2D eigenvalue weighted by Crippen LogP contribution is -2.02. The van der Waals surface area contributed by atoms with Crippen molar-refractivity contribution in [2.75, 3.05) is 5.32 Å². The van der Waals surface area contributed by atoms with Crippen LogP contribution in [0.3, 0.4) is 0 Å². The van der Waals surface area contributed by atoms with E-state index in [9.17, 15) is 4.79 Å². The monoisotopic (exact) mass is 276 g/mol. The van der Waals surface area contributed by atoms with Gasteiger partial charge in [-0.3, -0.25) is 0 Å². The van der Waals surface area contributed by atoms with Crippen LogP contribution in [-0.4, -0.2) is 16.1 Å². The normalized spacial score (nSPS) is 10.3. The average Bonchev–Trinajstić information content (AvgIpc) is 2.33. The van der Waals surface area contributed by atoms with E-state index in [2.05, 4.69) is 10.3 Å². The zero-order chi connectivity index (χ0) is 14.0. The molecule has 0 unspecified atom stereocenters. The smallest absolute Gasteiger partial charge is 0.335 e. The minimum atomic E-state index is -0.976. The second-order valence-electron chi connectivity index (χ2n) is 4.28. The Morgan fingerprint density at radius 3 is 2.63 bits per heavy atom. The first-order valence-corrected chi connectivity index (χ1v) is 6.08. The number of aromatic nitrogens is 1. The minimum Gasteiger partial charge on any atom is -0.478 e. The number of aromatic carboxylic acids is 1. The maximum Gasteiger partial charge on any atom is 0.335 e. The van der Waals surface area contributed by atoms with Gasteiger partial charge in [-0.25, -0.2) is 9.78 Å². The Balaban J connectivity index is 2.32. The van der Waals surface area contributed by atoms with Crippen molar-refractivity contribution in [2.24, 2.45) is 0 Å². The first kappa shape index (κ1) is 13.4. The fraction of sp³-hybridized carbons (Fsp3) is 0.143. The first-order valence-electron chi connectivity index (χ1n) is 5.71. The largest absolute Gasteiger partial charge is 0.478 e. The lowest BCUT2D eigenvalue weighted by Gasteiger charge is -2.09. The number of nitrogens with one attached hydrogen (secondary N) is 1. The summed E-state index contributed by atoms with van der Waals surface area (Å²) in [6.07, 6.45) is 0. The van der Waals surface area contributed by atoms with E-state index in [4.69, 9.17) is 16.7 Å². The zero-order valence-corrected chi connectivity index (χ0v) is 11.3. The van der Waals surface area contributed by atoms with E-state index in [1.165, 1.54) is 12.1 Å². The number of pyridine rings is 1. The molecule has 0 saturated heterocycles. The number of rotatable bonds is 3. The van der Waals surface area contributed by atoms with Gasteiger partial charge in [0, 0.05) is 16.4 Å². The van der Waals surface area contributed by atoms with Crippen molar-refractivity contribution in [3.63, 3.8) is 0 Å². The fourth-order valence-corrected chi connectivity index (χ4v) is 1.86. The topological polar surface area (TPSA) is 62.2 Å². The van der Waals surface area contributed by atoms with Crippen LogP contribution in [0.5, 0.6) is 0 Å². The van der Waals surface area contributed by atoms with Gasteiger partial charge < -0.3 is 10.4 Å². The second kappa shape index (κ2) is 5.28. The molecule has 4 nitrogen and oxygen atoms in total. The maximum atomic E-state index is 11.0. The summed E-state index contributed by atoms with van der Waals surface area (Å²) >= 11 is 6.04. The number of carbonyl (C=O) groups is 1. The predicted octanol–water partition coefficient (Wildman–Crippen LogP) is 3.79. The van der Waals surface area contributed by atoms with Gasteiger partial charge in [0.05, 0.1) is 5.56 Å². The number of aryl methyl sites for hydroxylation is 2. The quantitative estimate of drug-likeness (QED) is 0.895. The Kier molecular flexibility index (Phi) is 3.71. The van der Waals surface area contributed by atoms with Crippen molar-refractivity contribution in [1.29, 1.82) is 0 Å². The Labute approximate surface area is 116 Å². The molecule has 0 saturated carbocycles. The molecular weight excluding hydrogens is 264 g/mol. The number of nitrogens with zero attached hydrogens (tertiary/aromatic N) is 1. The molecule has 0 bridgehead atoms. The van der Waals surface area contributed by atoms with Gasteiger partial charge in [0.25, 0.3) is 0 Å². The van der Waals surface area contributed by atoms with Gasteiger partial charge in [-0.15, -0.1) is 0 Å². The van der Waals surface area contributed by atoms with E-state index in [0.29, 0.717) is 16.5 Å². The molecule has 0 aliphatic heterocycles. The lowest BCUT2D eigenvalue weighted by atomic mass is 10.2. The van der Waals surface area contributed by atoms with E-state index in [-0.39, 0.29) is 5.56 Å². The number of carboxylic acids is 1. The molecule has 1 aromatic carbocycles. The Morgan fingerprint density at radius 2 is 2.00 bits per heavy atom. The summed E-state index contributed by atoms with van der Waals surface area (Å²) in [5.41, 5.74) is 2.59. The molecule has 2 N–H and O–H groups in total.